The average molecular weight is 720 g/mol. The van der Waals surface area contributed by atoms with Crippen molar-refractivity contribution in [3.05, 3.63) is 29.8 Å². The van der Waals surface area contributed by atoms with Crippen LogP contribution >= 0.6 is 0 Å². The molecule has 0 radical (unpaired) electrons. The van der Waals surface area contributed by atoms with Gasteiger partial charge in [0.05, 0.1) is 18.6 Å². The van der Waals surface area contributed by atoms with Gasteiger partial charge in [0.1, 0.15) is 36.8 Å². The molecule has 2 saturated heterocycles. The molecule has 0 aliphatic carbocycles. The Morgan fingerprint density at radius 2 is 1.08 bits per heavy atom. The molecule has 3 rings (SSSR count). The van der Waals surface area contributed by atoms with E-state index in [0.29, 0.717) is 17.7 Å². The number of rotatable bonds is 14. The van der Waals surface area contributed by atoms with E-state index in [1.165, 1.54) is 34.6 Å². The van der Waals surface area contributed by atoms with E-state index >= 15 is 0 Å². The molecule has 1 N–H and O–H groups in total. The maximum atomic E-state index is 13.2. The van der Waals surface area contributed by atoms with Gasteiger partial charge in [0.25, 0.3) is 0 Å². The smallest absolute Gasteiger partial charge is 0.303 e. The van der Waals surface area contributed by atoms with Crippen molar-refractivity contribution in [2.45, 2.75) is 130 Å². The Kier molecular flexibility index (Phi) is 15.1. The van der Waals surface area contributed by atoms with E-state index in [1.54, 1.807) is 31.2 Å². The Morgan fingerprint density at radius 3 is 1.57 bits per heavy atom. The quantitative estimate of drug-likeness (QED) is 0.218. The fraction of sp³-hybridized carbons (Fsp3) is 0.639. The van der Waals surface area contributed by atoms with Gasteiger partial charge in [0.15, 0.2) is 12.2 Å². The lowest BCUT2D eigenvalue weighted by molar-refractivity contribution is -0.231. The number of benzene rings is 1. The molecule has 0 aromatic heterocycles. The number of carbonyl (C=O) groups is 7. The fourth-order valence-electron chi connectivity index (χ4n) is 6.52. The van der Waals surface area contributed by atoms with E-state index in [0.717, 1.165) is 0 Å². The third-order valence-corrected chi connectivity index (χ3v) is 8.80. The van der Waals surface area contributed by atoms with Crippen molar-refractivity contribution in [2.24, 2.45) is 11.8 Å². The van der Waals surface area contributed by atoms with E-state index in [9.17, 15) is 33.6 Å². The molecule has 0 spiro atoms. The van der Waals surface area contributed by atoms with Crippen LogP contribution in [-0.2, 0) is 73.1 Å². The van der Waals surface area contributed by atoms with Crippen LogP contribution in [0, 0.1) is 11.8 Å². The topological polar surface area (TPSA) is 196 Å². The molecule has 15 heteroatoms. The van der Waals surface area contributed by atoms with Gasteiger partial charge in [-0.05, 0) is 24.1 Å². The molecule has 282 valence electrons. The van der Waals surface area contributed by atoms with Crippen LogP contribution in [0.25, 0.3) is 0 Å². The molecular weight excluding hydrogens is 670 g/mol. The Morgan fingerprint density at radius 1 is 0.608 bits per heavy atom. The standard InChI is InChI=1S/C36H49NO14/c1-9-28-18(2)33(46-21(5)39)35(48-23(7)41)30(50-28)15-27(43)14-25-10-12-26(13-11-25)37-32(44)16-29-19(3)34(47-22(6)40)36(49-24(8)42)31(51-29)17-45-20(4)38/h10-13,18-19,28-31,33-36H,9,14-17H2,1-8H3,(H,37,44)/t18-,19-,28-,29-,30-,31-,33+,34-,35-,36-/m1/s1. The van der Waals surface area contributed by atoms with Crippen LogP contribution in [0.2, 0.25) is 0 Å². The van der Waals surface area contributed by atoms with E-state index < -0.39 is 84.4 Å². The second kappa shape index (κ2) is 18.7. The van der Waals surface area contributed by atoms with Gasteiger partial charge >= 0.3 is 29.8 Å². The van der Waals surface area contributed by atoms with Crippen molar-refractivity contribution >= 4 is 47.2 Å². The highest BCUT2D eigenvalue weighted by Crippen LogP contribution is 2.35. The monoisotopic (exact) mass is 719 g/mol. The Balaban J connectivity index is 1.66. The molecule has 2 aliphatic heterocycles. The first-order chi connectivity index (χ1) is 24.0. The predicted octanol–water partition coefficient (Wildman–Crippen LogP) is 3.02. The summed E-state index contributed by atoms with van der Waals surface area (Å²) in [5.41, 5.74) is 1.10. The zero-order valence-electron chi connectivity index (χ0n) is 30.3. The molecule has 2 heterocycles. The molecule has 0 unspecified atom stereocenters. The van der Waals surface area contributed by atoms with Crippen molar-refractivity contribution in [1.29, 1.82) is 0 Å². The molecule has 0 bridgehead atoms. The van der Waals surface area contributed by atoms with E-state index in [4.69, 9.17) is 33.2 Å². The van der Waals surface area contributed by atoms with Crippen molar-refractivity contribution in [3.8, 4) is 0 Å². The summed E-state index contributed by atoms with van der Waals surface area (Å²) in [6.45, 7) is 11.3. The number of hydrogen-bond donors (Lipinski definition) is 1. The zero-order chi connectivity index (χ0) is 38.0. The van der Waals surface area contributed by atoms with Gasteiger partial charge in [-0.15, -0.1) is 0 Å². The number of amides is 1. The first-order valence-corrected chi connectivity index (χ1v) is 17.0. The molecule has 15 nitrogen and oxygen atoms in total. The lowest BCUT2D eigenvalue weighted by Gasteiger charge is -2.44. The summed E-state index contributed by atoms with van der Waals surface area (Å²) in [6, 6.07) is 6.65. The Labute approximate surface area is 297 Å². The van der Waals surface area contributed by atoms with Crippen LogP contribution in [0.15, 0.2) is 24.3 Å². The second-order valence-electron chi connectivity index (χ2n) is 13.0. The lowest BCUT2D eigenvalue weighted by Crippen LogP contribution is -2.58. The van der Waals surface area contributed by atoms with Gasteiger partial charge in [-0.3, -0.25) is 33.6 Å². The van der Waals surface area contributed by atoms with Crippen LogP contribution in [0.3, 0.4) is 0 Å². The molecule has 1 amide bonds. The van der Waals surface area contributed by atoms with Crippen LogP contribution < -0.4 is 5.32 Å². The first kappa shape index (κ1) is 41.1. The zero-order valence-corrected chi connectivity index (χ0v) is 30.3. The highest BCUT2D eigenvalue weighted by Gasteiger charge is 2.49. The second-order valence-corrected chi connectivity index (χ2v) is 13.0. The molecule has 51 heavy (non-hydrogen) atoms. The number of anilines is 1. The minimum atomic E-state index is -1.07. The average Bonchev–Trinajstić information content (AvgIpc) is 3.02. The third-order valence-electron chi connectivity index (χ3n) is 8.80. The van der Waals surface area contributed by atoms with Gasteiger partial charge in [-0.2, -0.15) is 0 Å². The summed E-state index contributed by atoms with van der Waals surface area (Å²) in [5, 5.41) is 2.79. The lowest BCUT2D eigenvalue weighted by atomic mass is 9.84. The minimum Gasteiger partial charge on any atom is -0.463 e. The molecule has 1 aromatic rings. The molecule has 10 atom stereocenters. The van der Waals surface area contributed by atoms with Crippen molar-refractivity contribution in [1.82, 2.24) is 0 Å². The summed E-state index contributed by atoms with van der Waals surface area (Å²) < 4.78 is 39.3. The van der Waals surface area contributed by atoms with E-state index in [-0.39, 0.29) is 43.7 Å². The summed E-state index contributed by atoms with van der Waals surface area (Å²) in [7, 11) is 0. The maximum Gasteiger partial charge on any atom is 0.303 e. The molecule has 1 aromatic carbocycles. The number of hydrogen-bond acceptors (Lipinski definition) is 14. The first-order valence-electron chi connectivity index (χ1n) is 17.0. The van der Waals surface area contributed by atoms with Crippen LogP contribution in [0.4, 0.5) is 5.69 Å². The molecule has 2 fully saturated rings. The SMILES string of the molecule is CC[C@H]1O[C@H](CC(=O)Cc2ccc(NC(=O)C[C@H]3O[C@H](COC(C)=O)[C@@H](OC(C)=O)[C@H](OC(C)=O)[C@@H]3C)cc2)[C@@H](OC(C)=O)[C@@H](OC(C)=O)[C@@H]1C. The highest BCUT2D eigenvalue weighted by molar-refractivity contribution is 5.91. The number of carbonyl (C=O) groups excluding carboxylic acids is 7. The fourth-order valence-corrected chi connectivity index (χ4v) is 6.52. The van der Waals surface area contributed by atoms with Gasteiger partial charge in [0, 0.05) is 65.0 Å². The molecule has 0 saturated carbocycles. The third kappa shape index (κ3) is 12.1. The summed E-state index contributed by atoms with van der Waals surface area (Å²) in [6.07, 6.45) is -6.30. The number of ether oxygens (including phenoxy) is 7. The van der Waals surface area contributed by atoms with Crippen LogP contribution in [0.5, 0.6) is 0 Å². The summed E-state index contributed by atoms with van der Waals surface area (Å²) in [5.74, 6) is -4.45. The number of esters is 5. The van der Waals surface area contributed by atoms with Gasteiger partial charge in [-0.1, -0.05) is 32.9 Å². The number of nitrogens with one attached hydrogen (secondary N) is 1. The maximum absolute atomic E-state index is 13.2. The summed E-state index contributed by atoms with van der Waals surface area (Å²) in [4.78, 5) is 85.4. The number of Topliss-reactive ketones (excluding diaryl/α,β-unsaturated/α-hetero) is 1. The Bertz CT molecular complexity index is 1430. The van der Waals surface area contributed by atoms with Crippen molar-refractivity contribution in [3.63, 3.8) is 0 Å². The van der Waals surface area contributed by atoms with E-state index in [2.05, 4.69) is 5.32 Å². The Hall–Kier alpha value is -4.37. The predicted molar refractivity (Wildman–Crippen MR) is 178 cm³/mol. The number of ketones is 1. The van der Waals surface area contributed by atoms with Crippen molar-refractivity contribution in [2.75, 3.05) is 11.9 Å². The van der Waals surface area contributed by atoms with Gasteiger partial charge in [-0.25, -0.2) is 0 Å². The van der Waals surface area contributed by atoms with Gasteiger partial charge in [0.2, 0.25) is 5.91 Å². The summed E-state index contributed by atoms with van der Waals surface area (Å²) >= 11 is 0. The van der Waals surface area contributed by atoms with E-state index in [1.807, 2.05) is 13.8 Å². The van der Waals surface area contributed by atoms with Gasteiger partial charge < -0.3 is 38.5 Å². The van der Waals surface area contributed by atoms with Crippen LogP contribution in [0.1, 0.15) is 80.2 Å². The molecular formula is C36H49NO14. The van der Waals surface area contributed by atoms with Crippen LogP contribution in [-0.4, -0.2) is 97.0 Å². The highest BCUT2D eigenvalue weighted by atomic mass is 16.6. The normalized spacial score (nSPS) is 28.8. The largest absolute Gasteiger partial charge is 0.463 e. The van der Waals surface area contributed by atoms with Crippen molar-refractivity contribution < 1.29 is 66.7 Å². The minimum absolute atomic E-state index is 0.0314. The molecule has 2 aliphatic rings.